The number of hydrogen-bond acceptors (Lipinski definition) is 7. The molecule has 28 heavy (non-hydrogen) atoms. The Hall–Kier alpha value is -2.52. The van der Waals surface area contributed by atoms with Crippen LogP contribution in [0.3, 0.4) is 0 Å². The first-order chi connectivity index (χ1) is 12.7. The number of Topliss-reactive ketones (excluding diaryl/α,β-unsaturated/α-hetero) is 1. The van der Waals surface area contributed by atoms with Crippen LogP contribution in [0.5, 0.6) is 0 Å². The van der Waals surface area contributed by atoms with Crippen LogP contribution in [-0.4, -0.2) is 43.1 Å². The predicted molar refractivity (Wildman–Crippen MR) is 105 cm³/mol. The molecule has 9 heteroatoms. The Morgan fingerprint density at radius 2 is 1.79 bits per heavy atom. The van der Waals surface area contributed by atoms with Crippen molar-refractivity contribution in [3.63, 3.8) is 0 Å². The first kappa shape index (κ1) is 23.5. The fourth-order valence-electron chi connectivity index (χ4n) is 2.42. The maximum absolute atomic E-state index is 12.5. The third-order valence-corrected chi connectivity index (χ3v) is 5.29. The molecule has 0 aliphatic heterocycles. The molecule has 0 saturated heterocycles. The second kappa shape index (κ2) is 8.66. The molecule has 0 amide bonds. The summed E-state index contributed by atoms with van der Waals surface area (Å²) in [6.45, 7) is 8.60. The zero-order valence-corrected chi connectivity index (χ0v) is 17.7. The van der Waals surface area contributed by atoms with Crippen molar-refractivity contribution in [2.24, 2.45) is 0 Å². The summed E-state index contributed by atoms with van der Waals surface area (Å²) in [7, 11) is -3.85. The highest BCUT2D eigenvalue weighted by molar-refractivity contribution is 7.89. The Balaban J connectivity index is 3.15. The van der Waals surface area contributed by atoms with E-state index in [-0.39, 0.29) is 21.7 Å². The fraction of sp³-hybridized carbons (Fsp3) is 0.421. The molecule has 1 aromatic carbocycles. The van der Waals surface area contributed by atoms with Gasteiger partial charge in [-0.15, -0.1) is 0 Å². The van der Waals surface area contributed by atoms with E-state index in [0.717, 1.165) is 0 Å². The quantitative estimate of drug-likeness (QED) is 0.274. The van der Waals surface area contributed by atoms with Crippen molar-refractivity contribution in [3.05, 3.63) is 40.7 Å². The van der Waals surface area contributed by atoms with Crippen LogP contribution in [0.4, 0.5) is 0 Å². The van der Waals surface area contributed by atoms with Gasteiger partial charge in [0, 0.05) is 11.3 Å². The maximum Gasteiger partial charge on any atom is 0.338 e. The number of rotatable bonds is 7. The molecule has 0 saturated carbocycles. The summed E-state index contributed by atoms with van der Waals surface area (Å²) in [5, 5.41) is 17.5. The van der Waals surface area contributed by atoms with E-state index >= 15 is 0 Å². The second-order valence-corrected chi connectivity index (χ2v) is 9.09. The Kier molecular flexibility index (Phi) is 7.27. The number of allylic oxidation sites excluding steroid dienone is 1. The molecular weight excluding hydrogens is 384 g/mol. The van der Waals surface area contributed by atoms with Crippen LogP contribution in [0.25, 0.3) is 0 Å². The summed E-state index contributed by atoms with van der Waals surface area (Å²) in [6, 6.07) is 4.05. The average molecular weight is 410 g/mol. The largest absolute Gasteiger partial charge is 0.508 e. The molecule has 0 spiro atoms. The minimum absolute atomic E-state index is 0.0144. The summed E-state index contributed by atoms with van der Waals surface area (Å²) >= 11 is 0. The molecule has 0 fully saturated rings. The van der Waals surface area contributed by atoms with Gasteiger partial charge in [0.1, 0.15) is 12.4 Å². The third kappa shape index (κ3) is 6.28. The number of ketones is 1. The lowest BCUT2D eigenvalue weighted by Crippen LogP contribution is -2.40. The molecule has 3 N–H and O–H groups in total. The summed E-state index contributed by atoms with van der Waals surface area (Å²) in [5.41, 5.74) is -0.582. The Labute approximate surface area is 165 Å². The van der Waals surface area contributed by atoms with E-state index in [2.05, 4.69) is 4.72 Å². The smallest absolute Gasteiger partial charge is 0.338 e. The van der Waals surface area contributed by atoms with Gasteiger partial charge in [0.05, 0.1) is 16.0 Å². The molecule has 0 radical (unpaired) electrons. The highest BCUT2D eigenvalue weighted by atomic mass is 32.2. The van der Waals surface area contributed by atoms with Gasteiger partial charge in [-0.1, -0.05) is 6.07 Å². The zero-order chi connectivity index (χ0) is 21.9. The van der Waals surface area contributed by atoms with Crippen molar-refractivity contribution in [2.75, 3.05) is 6.61 Å². The molecular formula is C19H26N2O6S. The van der Waals surface area contributed by atoms with Gasteiger partial charge >= 0.3 is 5.97 Å². The number of benzene rings is 1. The molecule has 0 aliphatic carbocycles. The molecule has 154 valence electrons. The lowest BCUT2D eigenvalue weighted by molar-refractivity contribution is -0.113. The number of carbonyl (C=O) groups excluding carboxylic acids is 2. The number of aryl methyl sites for hydroxylation is 1. The van der Waals surface area contributed by atoms with Gasteiger partial charge in [-0.3, -0.25) is 4.79 Å². The number of ether oxygens (including phenoxy) is 1. The van der Waals surface area contributed by atoms with E-state index in [4.69, 9.17) is 10.1 Å². The SMILES string of the molecule is CC(=N)/C(C(C)=O)=C(/O)COC(=O)c1cc(S(=O)(=O)NC(C)(C)C)ccc1C. The maximum atomic E-state index is 12.5. The van der Waals surface area contributed by atoms with E-state index < -0.39 is 39.7 Å². The Bertz CT molecular complexity index is 924. The first-order valence-electron chi connectivity index (χ1n) is 8.46. The van der Waals surface area contributed by atoms with Crippen LogP contribution in [-0.2, 0) is 19.6 Å². The highest BCUT2D eigenvalue weighted by Gasteiger charge is 2.24. The lowest BCUT2D eigenvalue weighted by atomic mass is 10.1. The van der Waals surface area contributed by atoms with Crippen molar-refractivity contribution in [3.8, 4) is 0 Å². The third-order valence-electron chi connectivity index (χ3n) is 3.54. The van der Waals surface area contributed by atoms with E-state index in [1.54, 1.807) is 27.7 Å². The number of hydrogen-bond donors (Lipinski definition) is 3. The number of carbonyl (C=O) groups is 2. The number of sulfonamides is 1. The normalized spacial score (nSPS) is 12.9. The van der Waals surface area contributed by atoms with Crippen LogP contribution >= 0.6 is 0 Å². The van der Waals surface area contributed by atoms with Gasteiger partial charge in [0.2, 0.25) is 10.0 Å². The molecule has 0 aromatic heterocycles. The van der Waals surface area contributed by atoms with E-state index in [9.17, 15) is 23.1 Å². The Morgan fingerprint density at radius 1 is 1.21 bits per heavy atom. The summed E-state index contributed by atoms with van der Waals surface area (Å²) in [5.74, 6) is -1.93. The number of esters is 1. The fourth-order valence-corrected chi connectivity index (χ4v) is 3.86. The van der Waals surface area contributed by atoms with Crippen LogP contribution in [0.1, 0.15) is 50.5 Å². The minimum atomic E-state index is -3.85. The van der Waals surface area contributed by atoms with Gasteiger partial charge in [-0.25, -0.2) is 17.9 Å². The van der Waals surface area contributed by atoms with Crippen LogP contribution < -0.4 is 4.72 Å². The van der Waals surface area contributed by atoms with Crippen LogP contribution in [0.15, 0.2) is 34.4 Å². The Morgan fingerprint density at radius 3 is 2.25 bits per heavy atom. The predicted octanol–water partition coefficient (Wildman–Crippen LogP) is 2.67. The van der Waals surface area contributed by atoms with E-state index in [0.29, 0.717) is 5.56 Å². The van der Waals surface area contributed by atoms with Gasteiger partial charge in [0.25, 0.3) is 0 Å². The molecule has 0 unspecified atom stereocenters. The van der Waals surface area contributed by atoms with Crippen molar-refractivity contribution >= 4 is 27.5 Å². The number of aliphatic hydroxyl groups excluding tert-OH is 1. The van der Waals surface area contributed by atoms with Gasteiger partial charge in [0.15, 0.2) is 5.78 Å². The van der Waals surface area contributed by atoms with Crippen molar-refractivity contribution in [1.82, 2.24) is 4.72 Å². The first-order valence-corrected chi connectivity index (χ1v) is 9.94. The minimum Gasteiger partial charge on any atom is -0.508 e. The summed E-state index contributed by atoms with van der Waals surface area (Å²) in [4.78, 5) is 23.8. The molecule has 1 rings (SSSR count). The highest BCUT2D eigenvalue weighted by Crippen LogP contribution is 2.19. The number of aliphatic hydroxyl groups is 1. The van der Waals surface area contributed by atoms with Crippen molar-refractivity contribution in [1.29, 1.82) is 5.41 Å². The van der Waals surface area contributed by atoms with Crippen molar-refractivity contribution < 1.29 is 27.9 Å². The van der Waals surface area contributed by atoms with E-state index in [1.807, 2.05) is 0 Å². The molecule has 0 heterocycles. The zero-order valence-electron chi connectivity index (χ0n) is 16.8. The molecule has 0 atom stereocenters. The monoisotopic (exact) mass is 410 g/mol. The van der Waals surface area contributed by atoms with Gasteiger partial charge in [-0.2, -0.15) is 0 Å². The average Bonchev–Trinajstić information content (AvgIpc) is 2.49. The summed E-state index contributed by atoms with van der Waals surface area (Å²) < 4.78 is 32.4. The van der Waals surface area contributed by atoms with Crippen LogP contribution in [0, 0.1) is 12.3 Å². The van der Waals surface area contributed by atoms with E-state index in [1.165, 1.54) is 32.0 Å². The molecule has 1 aromatic rings. The lowest BCUT2D eigenvalue weighted by Gasteiger charge is -2.20. The second-order valence-electron chi connectivity index (χ2n) is 7.41. The standard InChI is InChI=1S/C19H26N2O6S/c1-11-7-8-14(28(25,26)21-19(4,5)6)9-15(11)18(24)27-10-16(23)17(12(2)20)13(3)22/h7-9,20-21,23H,10H2,1-6H3/b17-16-,20-12?. The number of nitrogens with one attached hydrogen (secondary N) is 2. The topological polar surface area (TPSA) is 134 Å². The molecule has 0 aliphatic rings. The van der Waals surface area contributed by atoms with Gasteiger partial charge < -0.3 is 15.3 Å². The summed E-state index contributed by atoms with van der Waals surface area (Å²) in [6.07, 6.45) is 0. The molecule has 8 nitrogen and oxygen atoms in total. The van der Waals surface area contributed by atoms with Gasteiger partial charge in [-0.05, 0) is 59.2 Å². The molecule has 0 bridgehead atoms. The van der Waals surface area contributed by atoms with Crippen LogP contribution in [0.2, 0.25) is 0 Å². The van der Waals surface area contributed by atoms with Crippen molar-refractivity contribution in [2.45, 2.75) is 52.0 Å².